The van der Waals surface area contributed by atoms with E-state index in [1.807, 2.05) is 0 Å². The minimum absolute atomic E-state index is 0.763. The number of para-hydroxylation sites is 1. The van der Waals surface area contributed by atoms with Gasteiger partial charge < -0.3 is 10.2 Å². The average Bonchev–Trinajstić information content (AvgIpc) is 2.95. The van der Waals surface area contributed by atoms with Crippen LogP contribution in [-0.2, 0) is 0 Å². The molecule has 0 atom stereocenters. The molecule has 1 aromatic rings. The highest BCUT2D eigenvalue weighted by Gasteiger charge is 2.36. The quantitative estimate of drug-likeness (QED) is 0.810. The van der Waals surface area contributed by atoms with E-state index >= 15 is 0 Å². The Hall–Kier alpha value is -1.02. The van der Waals surface area contributed by atoms with Gasteiger partial charge in [0.05, 0.1) is 0 Å². The highest BCUT2D eigenvalue weighted by atomic mass is 15.1. The summed E-state index contributed by atoms with van der Waals surface area (Å²) in [6.07, 6.45) is 10.2. The molecule has 1 spiro atoms. The lowest BCUT2D eigenvalue weighted by molar-refractivity contribution is 0.108. The van der Waals surface area contributed by atoms with Crippen molar-refractivity contribution in [1.82, 2.24) is 4.90 Å². The summed E-state index contributed by atoms with van der Waals surface area (Å²) in [6, 6.07) is 10.5. The van der Waals surface area contributed by atoms with Gasteiger partial charge in [0.25, 0.3) is 0 Å². The molecule has 2 nitrogen and oxygen atoms in total. The van der Waals surface area contributed by atoms with Crippen LogP contribution >= 0.6 is 0 Å². The van der Waals surface area contributed by atoms with Crippen LogP contribution in [0.25, 0.3) is 0 Å². The van der Waals surface area contributed by atoms with E-state index in [0.717, 1.165) is 12.0 Å². The number of rotatable bonds is 5. The number of benzene rings is 1. The van der Waals surface area contributed by atoms with Gasteiger partial charge in [-0.05, 0) is 69.3 Å². The van der Waals surface area contributed by atoms with Crippen molar-refractivity contribution in [3.63, 3.8) is 0 Å². The summed E-state index contributed by atoms with van der Waals surface area (Å²) in [5.41, 5.74) is 2.01. The van der Waals surface area contributed by atoms with Gasteiger partial charge in [-0.25, -0.2) is 0 Å². The summed E-state index contributed by atoms with van der Waals surface area (Å²) >= 11 is 0. The van der Waals surface area contributed by atoms with Crippen molar-refractivity contribution in [2.24, 2.45) is 5.41 Å². The highest BCUT2D eigenvalue weighted by molar-refractivity contribution is 5.42. The van der Waals surface area contributed by atoms with Gasteiger partial charge >= 0.3 is 0 Å². The van der Waals surface area contributed by atoms with Crippen LogP contribution in [0.1, 0.15) is 44.9 Å². The topological polar surface area (TPSA) is 15.3 Å². The Morgan fingerprint density at radius 2 is 1.65 bits per heavy atom. The Morgan fingerprint density at radius 1 is 0.950 bits per heavy atom. The summed E-state index contributed by atoms with van der Waals surface area (Å²) in [6.45, 7) is 5.03. The molecule has 0 unspecified atom stereocenters. The molecule has 1 heterocycles. The molecule has 20 heavy (non-hydrogen) atoms. The van der Waals surface area contributed by atoms with Crippen molar-refractivity contribution in [3.05, 3.63) is 30.3 Å². The second kappa shape index (κ2) is 6.62. The van der Waals surface area contributed by atoms with E-state index in [2.05, 4.69) is 40.5 Å². The zero-order chi connectivity index (χ0) is 13.7. The van der Waals surface area contributed by atoms with Gasteiger partial charge in [0, 0.05) is 12.2 Å². The fraction of sp³-hybridized carbons (Fsp3) is 0.667. The number of likely N-dealkylation sites (tertiary alicyclic amines) is 1. The summed E-state index contributed by atoms with van der Waals surface area (Å²) in [5, 5.41) is 3.51. The third-order valence-electron chi connectivity index (χ3n) is 5.33. The first-order valence-corrected chi connectivity index (χ1v) is 8.38. The van der Waals surface area contributed by atoms with Gasteiger partial charge in [0.1, 0.15) is 0 Å². The van der Waals surface area contributed by atoms with Crippen molar-refractivity contribution in [2.45, 2.75) is 44.9 Å². The van der Waals surface area contributed by atoms with E-state index in [0.29, 0.717) is 0 Å². The molecule has 0 bridgehead atoms. The SMILES string of the molecule is c1ccc(NCCCN2CCC3(CCCC3)CC2)cc1. The standard InChI is InChI=1S/C18H28N2/c1-2-7-17(8-3-1)19-13-6-14-20-15-11-18(12-16-20)9-4-5-10-18/h1-3,7-8,19H,4-6,9-16H2. The minimum atomic E-state index is 0.763. The second-order valence-corrected chi connectivity index (χ2v) is 6.70. The van der Waals surface area contributed by atoms with Gasteiger partial charge in [-0.1, -0.05) is 31.0 Å². The van der Waals surface area contributed by atoms with E-state index in [-0.39, 0.29) is 0 Å². The molecule has 1 N–H and O–H groups in total. The molecular weight excluding hydrogens is 244 g/mol. The van der Waals surface area contributed by atoms with Crippen molar-refractivity contribution in [2.75, 3.05) is 31.5 Å². The predicted molar refractivity (Wildman–Crippen MR) is 86.1 cm³/mol. The zero-order valence-corrected chi connectivity index (χ0v) is 12.6. The summed E-state index contributed by atoms with van der Waals surface area (Å²) in [5.74, 6) is 0. The van der Waals surface area contributed by atoms with Crippen LogP contribution in [-0.4, -0.2) is 31.1 Å². The first-order chi connectivity index (χ1) is 9.86. The molecule has 1 saturated heterocycles. The summed E-state index contributed by atoms with van der Waals surface area (Å²) < 4.78 is 0. The molecule has 1 saturated carbocycles. The lowest BCUT2D eigenvalue weighted by atomic mass is 9.77. The number of nitrogens with one attached hydrogen (secondary N) is 1. The predicted octanol–water partition coefficient (Wildman–Crippen LogP) is 4.14. The number of hydrogen-bond acceptors (Lipinski definition) is 2. The second-order valence-electron chi connectivity index (χ2n) is 6.70. The Balaban J connectivity index is 1.32. The van der Waals surface area contributed by atoms with Gasteiger partial charge in [0.2, 0.25) is 0 Å². The lowest BCUT2D eigenvalue weighted by Gasteiger charge is -2.39. The van der Waals surface area contributed by atoms with E-state index < -0.39 is 0 Å². The first-order valence-electron chi connectivity index (χ1n) is 8.38. The van der Waals surface area contributed by atoms with Crippen LogP contribution in [0.2, 0.25) is 0 Å². The molecule has 3 rings (SSSR count). The monoisotopic (exact) mass is 272 g/mol. The maximum Gasteiger partial charge on any atom is 0.0340 e. The van der Waals surface area contributed by atoms with Crippen molar-refractivity contribution < 1.29 is 0 Å². The fourth-order valence-electron chi connectivity index (χ4n) is 3.97. The molecule has 1 aliphatic carbocycles. The summed E-state index contributed by atoms with van der Waals surface area (Å²) in [4.78, 5) is 2.68. The molecule has 0 radical (unpaired) electrons. The zero-order valence-electron chi connectivity index (χ0n) is 12.6. The molecule has 110 valence electrons. The maximum absolute atomic E-state index is 3.51. The molecule has 0 aromatic heterocycles. The highest BCUT2D eigenvalue weighted by Crippen LogP contribution is 2.45. The van der Waals surface area contributed by atoms with E-state index in [9.17, 15) is 0 Å². The van der Waals surface area contributed by atoms with Gasteiger partial charge in [0.15, 0.2) is 0 Å². The Morgan fingerprint density at radius 3 is 2.35 bits per heavy atom. The molecular formula is C18H28N2. The largest absolute Gasteiger partial charge is 0.385 e. The van der Waals surface area contributed by atoms with Crippen LogP contribution in [0, 0.1) is 5.41 Å². The molecule has 0 amide bonds. The van der Waals surface area contributed by atoms with Gasteiger partial charge in [-0.15, -0.1) is 0 Å². The Labute approximate surface area is 123 Å². The van der Waals surface area contributed by atoms with Crippen LogP contribution in [0.15, 0.2) is 30.3 Å². The fourth-order valence-corrected chi connectivity index (χ4v) is 3.97. The molecule has 2 aliphatic rings. The maximum atomic E-state index is 3.51. The van der Waals surface area contributed by atoms with Crippen molar-refractivity contribution >= 4 is 5.69 Å². The minimum Gasteiger partial charge on any atom is -0.385 e. The number of anilines is 1. The normalized spacial score (nSPS) is 22.2. The first kappa shape index (κ1) is 13.9. The van der Waals surface area contributed by atoms with Crippen LogP contribution < -0.4 is 5.32 Å². The average molecular weight is 272 g/mol. The number of hydrogen-bond donors (Lipinski definition) is 1. The van der Waals surface area contributed by atoms with Crippen LogP contribution in [0.5, 0.6) is 0 Å². The molecule has 1 aliphatic heterocycles. The molecule has 2 heteroatoms. The summed E-state index contributed by atoms with van der Waals surface area (Å²) in [7, 11) is 0. The molecule has 2 fully saturated rings. The van der Waals surface area contributed by atoms with Gasteiger partial charge in [-0.3, -0.25) is 0 Å². The third-order valence-corrected chi connectivity index (χ3v) is 5.33. The Kier molecular flexibility index (Phi) is 4.62. The van der Waals surface area contributed by atoms with Crippen LogP contribution in [0.3, 0.4) is 0 Å². The third kappa shape index (κ3) is 3.54. The molecule has 1 aromatic carbocycles. The van der Waals surface area contributed by atoms with Gasteiger partial charge in [-0.2, -0.15) is 0 Å². The van der Waals surface area contributed by atoms with E-state index in [4.69, 9.17) is 0 Å². The smallest absolute Gasteiger partial charge is 0.0340 e. The van der Waals surface area contributed by atoms with Crippen molar-refractivity contribution in [1.29, 1.82) is 0 Å². The Bertz CT molecular complexity index is 385. The number of piperidine rings is 1. The van der Waals surface area contributed by atoms with Crippen LogP contribution in [0.4, 0.5) is 5.69 Å². The lowest BCUT2D eigenvalue weighted by Crippen LogP contribution is -2.39. The van der Waals surface area contributed by atoms with E-state index in [1.165, 1.54) is 70.3 Å². The van der Waals surface area contributed by atoms with Crippen molar-refractivity contribution in [3.8, 4) is 0 Å². The van der Waals surface area contributed by atoms with E-state index in [1.54, 1.807) is 0 Å². The number of nitrogens with zero attached hydrogens (tertiary/aromatic N) is 1.